The molecule has 1 saturated carbocycles. The molecular weight excluding hydrogens is 394 g/mol. The lowest BCUT2D eigenvalue weighted by Crippen LogP contribution is -2.48. The molecule has 1 fully saturated rings. The lowest BCUT2D eigenvalue weighted by molar-refractivity contribution is -0.127. The number of carbonyl (C=O) groups is 3. The SMILES string of the molecule is Cc1ncn(C)c1C(=O)NNC(=O)[C@@H]1CCC[C@H](NC(=O)c2cccc(Cl)c2)C1. The minimum absolute atomic E-state index is 0.110. The zero-order valence-corrected chi connectivity index (χ0v) is 17.1. The standard InChI is InChI=1S/C20H24ClN5O3/c1-12-17(26(2)11-22-12)20(29)25-24-19(28)14-6-4-8-16(10-14)23-18(27)13-5-3-7-15(21)9-13/h3,5,7,9,11,14,16H,4,6,8,10H2,1-2H3,(H,23,27)(H,24,28)(H,25,29)/t14-,16+/m1/s1. The molecule has 1 heterocycles. The summed E-state index contributed by atoms with van der Waals surface area (Å²) in [5.41, 5.74) is 6.41. The van der Waals surface area contributed by atoms with Crippen LogP contribution in [0.25, 0.3) is 0 Å². The minimum atomic E-state index is -0.419. The third-order valence-corrected chi connectivity index (χ3v) is 5.34. The lowest BCUT2D eigenvalue weighted by atomic mass is 9.85. The molecule has 0 spiro atoms. The van der Waals surface area contributed by atoms with Crippen LogP contribution in [0.4, 0.5) is 0 Å². The van der Waals surface area contributed by atoms with Crippen LogP contribution in [-0.4, -0.2) is 33.3 Å². The molecule has 0 bridgehead atoms. The molecule has 2 atom stereocenters. The molecule has 8 nitrogen and oxygen atoms in total. The highest BCUT2D eigenvalue weighted by Crippen LogP contribution is 2.25. The first-order valence-electron chi connectivity index (χ1n) is 9.49. The van der Waals surface area contributed by atoms with E-state index in [0.29, 0.717) is 34.8 Å². The molecule has 1 aliphatic rings. The Bertz CT molecular complexity index is 907. The van der Waals surface area contributed by atoms with Crippen LogP contribution >= 0.6 is 11.6 Å². The van der Waals surface area contributed by atoms with E-state index in [4.69, 9.17) is 11.6 Å². The average Bonchev–Trinajstić information content (AvgIpc) is 3.04. The first-order chi connectivity index (χ1) is 13.8. The number of nitrogens with zero attached hydrogens (tertiary/aromatic N) is 2. The molecule has 1 aromatic heterocycles. The van der Waals surface area contributed by atoms with Crippen molar-refractivity contribution in [3.63, 3.8) is 0 Å². The number of aromatic nitrogens is 2. The molecule has 1 aromatic carbocycles. The number of nitrogens with one attached hydrogen (secondary N) is 3. The zero-order valence-electron chi connectivity index (χ0n) is 16.4. The summed E-state index contributed by atoms with van der Waals surface area (Å²) in [4.78, 5) is 41.3. The molecule has 0 saturated heterocycles. The molecule has 0 radical (unpaired) electrons. The molecule has 0 unspecified atom stereocenters. The smallest absolute Gasteiger partial charge is 0.288 e. The molecule has 9 heteroatoms. The fourth-order valence-electron chi connectivity index (χ4n) is 3.61. The summed E-state index contributed by atoms with van der Waals surface area (Å²) >= 11 is 5.94. The number of benzene rings is 1. The van der Waals surface area contributed by atoms with Crippen LogP contribution in [0.2, 0.25) is 5.02 Å². The van der Waals surface area contributed by atoms with Crippen molar-refractivity contribution in [3.05, 3.63) is 52.6 Å². The second-order valence-electron chi connectivity index (χ2n) is 7.28. The average molecular weight is 418 g/mol. The van der Waals surface area contributed by atoms with Gasteiger partial charge in [0, 0.05) is 29.6 Å². The number of aryl methyl sites for hydroxylation is 2. The maximum Gasteiger partial charge on any atom is 0.288 e. The van der Waals surface area contributed by atoms with Crippen LogP contribution in [0.15, 0.2) is 30.6 Å². The predicted molar refractivity (Wildman–Crippen MR) is 108 cm³/mol. The Morgan fingerprint density at radius 1 is 1.17 bits per heavy atom. The number of amides is 3. The number of hydrogen-bond acceptors (Lipinski definition) is 4. The topological polar surface area (TPSA) is 105 Å². The number of carbonyl (C=O) groups excluding carboxylic acids is 3. The molecule has 2 aromatic rings. The van der Waals surface area contributed by atoms with Gasteiger partial charge in [0.1, 0.15) is 5.69 Å². The quantitative estimate of drug-likeness (QED) is 0.662. The summed E-state index contributed by atoms with van der Waals surface area (Å²) in [6.45, 7) is 1.73. The van der Waals surface area contributed by atoms with Crippen molar-refractivity contribution in [1.82, 2.24) is 25.7 Å². The first-order valence-corrected chi connectivity index (χ1v) is 9.87. The number of hydrazine groups is 1. The number of hydrogen-bond donors (Lipinski definition) is 3. The number of halogens is 1. The Morgan fingerprint density at radius 2 is 1.97 bits per heavy atom. The maximum absolute atomic E-state index is 12.5. The second kappa shape index (κ2) is 9.09. The van der Waals surface area contributed by atoms with Crippen molar-refractivity contribution >= 4 is 29.3 Å². The van der Waals surface area contributed by atoms with Gasteiger partial charge < -0.3 is 9.88 Å². The normalized spacial score (nSPS) is 18.7. The van der Waals surface area contributed by atoms with Crippen LogP contribution in [0, 0.1) is 12.8 Å². The van der Waals surface area contributed by atoms with Gasteiger partial charge in [-0.05, 0) is 44.4 Å². The van der Waals surface area contributed by atoms with Gasteiger partial charge in [0.2, 0.25) is 5.91 Å². The molecular formula is C20H24ClN5O3. The van der Waals surface area contributed by atoms with E-state index >= 15 is 0 Å². The van der Waals surface area contributed by atoms with E-state index < -0.39 is 5.91 Å². The Kier molecular flexibility index (Phi) is 6.53. The van der Waals surface area contributed by atoms with E-state index in [9.17, 15) is 14.4 Å². The number of imidazole rings is 1. The molecule has 3 rings (SSSR count). The molecule has 29 heavy (non-hydrogen) atoms. The summed E-state index contributed by atoms with van der Waals surface area (Å²) in [6.07, 6.45) is 4.37. The van der Waals surface area contributed by atoms with E-state index in [1.807, 2.05) is 0 Å². The van der Waals surface area contributed by atoms with Gasteiger partial charge in [-0.2, -0.15) is 0 Å². The van der Waals surface area contributed by atoms with Gasteiger partial charge in [-0.3, -0.25) is 25.2 Å². The van der Waals surface area contributed by atoms with Crippen molar-refractivity contribution in [3.8, 4) is 0 Å². The maximum atomic E-state index is 12.5. The Labute approximate surface area is 174 Å². The first kappa shape index (κ1) is 20.9. The summed E-state index contributed by atoms with van der Waals surface area (Å²) in [6, 6.07) is 6.63. The molecule has 154 valence electrons. The van der Waals surface area contributed by atoms with Crippen LogP contribution in [0.3, 0.4) is 0 Å². The van der Waals surface area contributed by atoms with Gasteiger partial charge in [0.25, 0.3) is 11.8 Å². The summed E-state index contributed by atoms with van der Waals surface area (Å²) in [5.74, 6) is -1.18. The van der Waals surface area contributed by atoms with E-state index in [2.05, 4.69) is 21.2 Å². The molecule has 1 aliphatic carbocycles. The van der Waals surface area contributed by atoms with Gasteiger partial charge in [0.05, 0.1) is 12.0 Å². The third-order valence-electron chi connectivity index (χ3n) is 5.10. The highest BCUT2D eigenvalue weighted by Gasteiger charge is 2.29. The Hall–Kier alpha value is -2.87. The highest BCUT2D eigenvalue weighted by atomic mass is 35.5. The van der Waals surface area contributed by atoms with Crippen LogP contribution in [0.5, 0.6) is 0 Å². The van der Waals surface area contributed by atoms with Crippen molar-refractivity contribution in [2.45, 2.75) is 38.6 Å². The minimum Gasteiger partial charge on any atom is -0.349 e. The number of rotatable bonds is 4. The molecule has 3 amide bonds. The fourth-order valence-corrected chi connectivity index (χ4v) is 3.80. The van der Waals surface area contributed by atoms with Gasteiger partial charge in [-0.1, -0.05) is 24.1 Å². The summed E-state index contributed by atoms with van der Waals surface area (Å²) < 4.78 is 1.60. The van der Waals surface area contributed by atoms with Gasteiger partial charge in [-0.15, -0.1) is 0 Å². The summed E-state index contributed by atoms with van der Waals surface area (Å²) in [7, 11) is 1.71. The van der Waals surface area contributed by atoms with Crippen LogP contribution in [-0.2, 0) is 11.8 Å². The highest BCUT2D eigenvalue weighted by molar-refractivity contribution is 6.30. The van der Waals surface area contributed by atoms with Crippen LogP contribution in [0.1, 0.15) is 52.2 Å². The third kappa shape index (κ3) is 5.14. The summed E-state index contributed by atoms with van der Waals surface area (Å²) in [5, 5.41) is 3.47. The van der Waals surface area contributed by atoms with Crippen molar-refractivity contribution in [1.29, 1.82) is 0 Å². The van der Waals surface area contributed by atoms with E-state index in [0.717, 1.165) is 12.8 Å². The lowest BCUT2D eigenvalue weighted by Gasteiger charge is -2.29. The second-order valence-corrected chi connectivity index (χ2v) is 7.71. The van der Waals surface area contributed by atoms with Gasteiger partial charge in [0.15, 0.2) is 0 Å². The van der Waals surface area contributed by atoms with E-state index in [1.54, 1.807) is 49.1 Å². The van der Waals surface area contributed by atoms with Crippen molar-refractivity contribution < 1.29 is 14.4 Å². The monoisotopic (exact) mass is 417 g/mol. The van der Waals surface area contributed by atoms with Crippen molar-refractivity contribution in [2.75, 3.05) is 0 Å². The molecule has 3 N–H and O–H groups in total. The van der Waals surface area contributed by atoms with E-state index in [1.165, 1.54) is 0 Å². The Balaban J connectivity index is 1.52. The predicted octanol–water partition coefficient (Wildman–Crippen LogP) is 2.13. The molecule has 0 aliphatic heterocycles. The van der Waals surface area contributed by atoms with Crippen LogP contribution < -0.4 is 16.2 Å². The fraction of sp³-hybridized carbons (Fsp3) is 0.400. The van der Waals surface area contributed by atoms with Gasteiger partial charge in [-0.25, -0.2) is 4.98 Å². The largest absolute Gasteiger partial charge is 0.349 e. The van der Waals surface area contributed by atoms with Crippen molar-refractivity contribution in [2.24, 2.45) is 13.0 Å². The Morgan fingerprint density at radius 3 is 2.66 bits per heavy atom. The van der Waals surface area contributed by atoms with E-state index in [-0.39, 0.29) is 23.8 Å². The zero-order chi connectivity index (χ0) is 21.0. The van der Waals surface area contributed by atoms with Gasteiger partial charge >= 0.3 is 0 Å².